The number of nitrogens with zero attached hydrogens (tertiary/aromatic N) is 2. The Labute approximate surface area is 155 Å². The molecule has 1 aromatic heterocycles. The highest BCUT2D eigenvalue weighted by Crippen LogP contribution is 2.38. The molecular formula is C19H20FN3O2S. The van der Waals surface area contributed by atoms with Gasteiger partial charge in [0, 0.05) is 10.9 Å². The first-order valence-electron chi connectivity index (χ1n) is 8.84. The molecule has 7 heteroatoms. The van der Waals surface area contributed by atoms with Gasteiger partial charge in [-0.15, -0.1) is 11.3 Å². The molecule has 2 heterocycles. The van der Waals surface area contributed by atoms with E-state index in [1.807, 2.05) is 12.3 Å². The van der Waals surface area contributed by atoms with E-state index in [0.717, 1.165) is 29.8 Å². The van der Waals surface area contributed by atoms with E-state index in [1.54, 1.807) is 12.1 Å². The maximum atomic E-state index is 13.1. The van der Waals surface area contributed by atoms with Gasteiger partial charge in [-0.1, -0.05) is 19.8 Å². The lowest BCUT2D eigenvalue weighted by molar-refractivity contribution is -0.134. The predicted octanol–water partition coefficient (Wildman–Crippen LogP) is 3.95. The van der Waals surface area contributed by atoms with Crippen LogP contribution in [0.25, 0.3) is 10.6 Å². The number of hydrogen-bond donors (Lipinski definition) is 1. The van der Waals surface area contributed by atoms with Crippen molar-refractivity contribution in [2.24, 2.45) is 5.92 Å². The van der Waals surface area contributed by atoms with E-state index < -0.39 is 5.54 Å². The number of imide groups is 1. The van der Waals surface area contributed by atoms with Gasteiger partial charge in [0.25, 0.3) is 5.91 Å². The molecule has 1 saturated heterocycles. The van der Waals surface area contributed by atoms with E-state index in [1.165, 1.54) is 28.4 Å². The molecular weight excluding hydrogens is 353 g/mol. The SMILES string of the molecule is C[C@@H]1CCCC[C@]12NC(=O)N(Cc1csc(-c3ccc(F)cc3)n1)C2=O. The third kappa shape index (κ3) is 2.80. The predicted molar refractivity (Wildman–Crippen MR) is 97.0 cm³/mol. The molecule has 2 aromatic rings. The van der Waals surface area contributed by atoms with E-state index in [-0.39, 0.29) is 30.2 Å². The van der Waals surface area contributed by atoms with Crippen LogP contribution >= 0.6 is 11.3 Å². The lowest BCUT2D eigenvalue weighted by Crippen LogP contribution is -2.53. The molecule has 1 aromatic carbocycles. The summed E-state index contributed by atoms with van der Waals surface area (Å²) in [5.41, 5.74) is 0.737. The van der Waals surface area contributed by atoms with Gasteiger partial charge in [-0.05, 0) is 43.0 Å². The first-order chi connectivity index (χ1) is 12.5. The van der Waals surface area contributed by atoms with Crippen LogP contribution < -0.4 is 5.32 Å². The Morgan fingerprint density at radius 1 is 1.31 bits per heavy atom. The maximum Gasteiger partial charge on any atom is 0.325 e. The van der Waals surface area contributed by atoms with Gasteiger partial charge >= 0.3 is 6.03 Å². The van der Waals surface area contributed by atoms with Crippen LogP contribution in [0.15, 0.2) is 29.6 Å². The summed E-state index contributed by atoms with van der Waals surface area (Å²) in [6.07, 6.45) is 3.70. The lowest BCUT2D eigenvalue weighted by atomic mass is 9.73. The number of hydrogen-bond acceptors (Lipinski definition) is 4. The largest absolute Gasteiger partial charge is 0.325 e. The van der Waals surface area contributed by atoms with Crippen LogP contribution in [0, 0.1) is 11.7 Å². The molecule has 3 amide bonds. The minimum atomic E-state index is -0.745. The fourth-order valence-corrected chi connectivity index (χ4v) is 4.72. The molecule has 1 N–H and O–H groups in total. The summed E-state index contributed by atoms with van der Waals surface area (Å²) in [5.74, 6) is -0.286. The number of carbonyl (C=O) groups excluding carboxylic acids is 2. The Kier molecular flexibility index (Phi) is 4.26. The van der Waals surface area contributed by atoms with E-state index in [4.69, 9.17) is 0 Å². The Bertz CT molecular complexity index is 851. The summed E-state index contributed by atoms with van der Waals surface area (Å²) >= 11 is 1.42. The van der Waals surface area contributed by atoms with Crippen molar-refractivity contribution >= 4 is 23.3 Å². The Morgan fingerprint density at radius 3 is 2.81 bits per heavy atom. The number of amides is 3. The van der Waals surface area contributed by atoms with Crippen LogP contribution in [0.2, 0.25) is 0 Å². The first-order valence-corrected chi connectivity index (χ1v) is 9.72. The van der Waals surface area contributed by atoms with Gasteiger partial charge in [-0.3, -0.25) is 9.69 Å². The molecule has 0 bridgehead atoms. The second kappa shape index (κ2) is 6.46. The normalized spacial score (nSPS) is 25.8. The Morgan fingerprint density at radius 2 is 2.08 bits per heavy atom. The van der Waals surface area contributed by atoms with Gasteiger partial charge in [0.1, 0.15) is 16.4 Å². The molecule has 1 aliphatic heterocycles. The average Bonchev–Trinajstić information content (AvgIpc) is 3.18. The van der Waals surface area contributed by atoms with Crippen molar-refractivity contribution in [2.75, 3.05) is 0 Å². The quantitative estimate of drug-likeness (QED) is 0.829. The zero-order valence-electron chi connectivity index (χ0n) is 14.5. The van der Waals surface area contributed by atoms with Crippen molar-refractivity contribution < 1.29 is 14.0 Å². The molecule has 26 heavy (non-hydrogen) atoms. The highest BCUT2D eigenvalue weighted by atomic mass is 32.1. The molecule has 1 saturated carbocycles. The van der Waals surface area contributed by atoms with Crippen molar-refractivity contribution in [2.45, 2.75) is 44.7 Å². The molecule has 4 rings (SSSR count). The van der Waals surface area contributed by atoms with E-state index in [0.29, 0.717) is 12.1 Å². The van der Waals surface area contributed by atoms with Crippen molar-refractivity contribution in [3.05, 3.63) is 41.2 Å². The van der Waals surface area contributed by atoms with Crippen molar-refractivity contribution in [1.29, 1.82) is 0 Å². The standard InChI is InChI=1S/C19H20FN3O2S/c1-12-4-2-3-9-19(12)17(24)23(18(25)22-19)10-15-11-26-16(21-15)13-5-7-14(20)8-6-13/h5-8,11-12H,2-4,9-10H2,1H3,(H,22,25)/t12-,19+/m1/s1. The van der Waals surface area contributed by atoms with Crippen LogP contribution in [0.5, 0.6) is 0 Å². The monoisotopic (exact) mass is 373 g/mol. The molecule has 1 aliphatic carbocycles. The minimum absolute atomic E-state index is 0.133. The smallest absolute Gasteiger partial charge is 0.323 e. The van der Waals surface area contributed by atoms with Crippen molar-refractivity contribution in [3.8, 4) is 10.6 Å². The third-order valence-corrected chi connectivity index (χ3v) is 6.40. The summed E-state index contributed by atoms with van der Waals surface area (Å²) < 4.78 is 13.1. The van der Waals surface area contributed by atoms with Crippen LogP contribution in [0.4, 0.5) is 9.18 Å². The minimum Gasteiger partial charge on any atom is -0.323 e. The second-order valence-electron chi connectivity index (χ2n) is 7.09. The number of rotatable bonds is 3. The highest BCUT2D eigenvalue weighted by Gasteiger charge is 2.54. The van der Waals surface area contributed by atoms with Crippen LogP contribution in [-0.2, 0) is 11.3 Å². The zero-order valence-corrected chi connectivity index (χ0v) is 15.3. The summed E-state index contributed by atoms with van der Waals surface area (Å²) in [4.78, 5) is 31.2. The molecule has 2 aliphatic rings. The highest BCUT2D eigenvalue weighted by molar-refractivity contribution is 7.13. The lowest BCUT2D eigenvalue weighted by Gasteiger charge is -2.36. The maximum absolute atomic E-state index is 13.1. The molecule has 136 valence electrons. The van der Waals surface area contributed by atoms with Crippen LogP contribution in [0.1, 0.15) is 38.3 Å². The van der Waals surface area contributed by atoms with Crippen LogP contribution in [-0.4, -0.2) is 27.4 Å². The molecule has 2 atom stereocenters. The van der Waals surface area contributed by atoms with E-state index in [9.17, 15) is 14.0 Å². The summed E-state index contributed by atoms with van der Waals surface area (Å²) in [6.45, 7) is 2.20. The van der Waals surface area contributed by atoms with Gasteiger partial charge in [0.2, 0.25) is 0 Å². The number of thiazole rings is 1. The van der Waals surface area contributed by atoms with Gasteiger partial charge in [0.15, 0.2) is 0 Å². The molecule has 5 nitrogen and oxygen atoms in total. The number of aromatic nitrogens is 1. The van der Waals surface area contributed by atoms with Gasteiger partial charge in [0.05, 0.1) is 12.2 Å². The average molecular weight is 373 g/mol. The van der Waals surface area contributed by atoms with Crippen molar-refractivity contribution in [3.63, 3.8) is 0 Å². The van der Waals surface area contributed by atoms with Crippen LogP contribution in [0.3, 0.4) is 0 Å². The summed E-state index contributed by atoms with van der Waals surface area (Å²) in [6, 6.07) is 5.79. The van der Waals surface area contributed by atoms with E-state index in [2.05, 4.69) is 10.3 Å². The topological polar surface area (TPSA) is 62.3 Å². The number of halogens is 1. The second-order valence-corrected chi connectivity index (χ2v) is 7.95. The van der Waals surface area contributed by atoms with Crippen molar-refractivity contribution in [1.82, 2.24) is 15.2 Å². The summed E-state index contributed by atoms with van der Waals surface area (Å²) in [5, 5.41) is 5.54. The van der Waals surface area contributed by atoms with Gasteiger partial charge < -0.3 is 5.32 Å². The fourth-order valence-electron chi connectivity index (χ4n) is 3.91. The molecule has 2 fully saturated rings. The summed E-state index contributed by atoms with van der Waals surface area (Å²) in [7, 11) is 0. The number of nitrogens with one attached hydrogen (secondary N) is 1. The number of benzene rings is 1. The van der Waals surface area contributed by atoms with Gasteiger partial charge in [-0.2, -0.15) is 0 Å². The molecule has 0 radical (unpaired) electrons. The van der Waals surface area contributed by atoms with Gasteiger partial charge in [-0.25, -0.2) is 14.2 Å². The first kappa shape index (κ1) is 17.1. The van der Waals surface area contributed by atoms with E-state index >= 15 is 0 Å². The number of urea groups is 1. The molecule has 0 unspecified atom stereocenters. The third-order valence-electron chi connectivity index (χ3n) is 5.46. The molecule has 1 spiro atoms. The Balaban J connectivity index is 1.53. The fraction of sp³-hybridized carbons (Fsp3) is 0.421. The zero-order chi connectivity index (χ0) is 18.3. The number of carbonyl (C=O) groups is 2. The Hall–Kier alpha value is -2.28.